The molecule has 106 valence electrons. The standard InChI is InChI=1S/C15H25N3O/c1-12(2)9-16-10-14-5-4-6-17-15(14)18-7-8-19-11-13(18)3/h4-6,12-13,16H,7-11H2,1-3H3. The molecule has 2 rings (SSSR count). The number of anilines is 1. The molecule has 1 aromatic rings. The Morgan fingerprint density at radius 2 is 2.37 bits per heavy atom. The van der Waals surface area contributed by atoms with Crippen LogP contribution in [0, 0.1) is 5.92 Å². The summed E-state index contributed by atoms with van der Waals surface area (Å²) >= 11 is 0. The first-order chi connectivity index (χ1) is 9.18. The average molecular weight is 263 g/mol. The van der Waals surface area contributed by atoms with Gasteiger partial charge in [0.25, 0.3) is 0 Å². The molecule has 1 aliphatic heterocycles. The number of nitrogens with zero attached hydrogens (tertiary/aromatic N) is 2. The fraction of sp³-hybridized carbons (Fsp3) is 0.667. The van der Waals surface area contributed by atoms with Crippen LogP contribution in [0.4, 0.5) is 5.82 Å². The van der Waals surface area contributed by atoms with Gasteiger partial charge in [-0.05, 0) is 25.5 Å². The number of aromatic nitrogens is 1. The number of ether oxygens (including phenoxy) is 1. The molecular weight excluding hydrogens is 238 g/mol. The van der Waals surface area contributed by atoms with Gasteiger partial charge in [-0.1, -0.05) is 19.9 Å². The summed E-state index contributed by atoms with van der Waals surface area (Å²) in [7, 11) is 0. The summed E-state index contributed by atoms with van der Waals surface area (Å²) in [5.74, 6) is 1.77. The molecule has 1 atom stereocenters. The van der Waals surface area contributed by atoms with Gasteiger partial charge in [0, 0.05) is 24.8 Å². The van der Waals surface area contributed by atoms with E-state index in [1.54, 1.807) is 0 Å². The second-order valence-corrected chi connectivity index (χ2v) is 5.63. The number of hydrogen-bond donors (Lipinski definition) is 1. The molecule has 4 heteroatoms. The molecule has 0 aromatic carbocycles. The Morgan fingerprint density at radius 3 is 3.11 bits per heavy atom. The first kappa shape index (κ1) is 14.3. The van der Waals surface area contributed by atoms with Crippen LogP contribution in [0.5, 0.6) is 0 Å². The number of rotatable bonds is 5. The highest BCUT2D eigenvalue weighted by molar-refractivity contribution is 5.48. The van der Waals surface area contributed by atoms with Gasteiger partial charge >= 0.3 is 0 Å². The molecule has 0 amide bonds. The van der Waals surface area contributed by atoms with Crippen LogP contribution in [0.1, 0.15) is 26.3 Å². The molecule has 0 saturated carbocycles. The van der Waals surface area contributed by atoms with Crippen LogP contribution in [-0.2, 0) is 11.3 Å². The van der Waals surface area contributed by atoms with Gasteiger partial charge in [-0.3, -0.25) is 0 Å². The SMILES string of the molecule is CC(C)CNCc1cccnc1N1CCOCC1C. The quantitative estimate of drug-likeness (QED) is 0.882. The van der Waals surface area contributed by atoms with E-state index in [0.29, 0.717) is 12.0 Å². The molecule has 1 unspecified atom stereocenters. The Labute approximate surface area is 116 Å². The van der Waals surface area contributed by atoms with E-state index in [4.69, 9.17) is 4.74 Å². The zero-order chi connectivity index (χ0) is 13.7. The van der Waals surface area contributed by atoms with E-state index >= 15 is 0 Å². The highest BCUT2D eigenvalue weighted by atomic mass is 16.5. The van der Waals surface area contributed by atoms with Crippen molar-refractivity contribution in [2.75, 3.05) is 31.2 Å². The Hall–Kier alpha value is -1.13. The lowest BCUT2D eigenvalue weighted by atomic mass is 10.1. The van der Waals surface area contributed by atoms with E-state index in [1.165, 1.54) is 5.56 Å². The predicted molar refractivity (Wildman–Crippen MR) is 78.4 cm³/mol. The second kappa shape index (κ2) is 6.87. The Bertz CT molecular complexity index is 395. The summed E-state index contributed by atoms with van der Waals surface area (Å²) < 4.78 is 5.50. The van der Waals surface area contributed by atoms with Crippen LogP contribution in [0.2, 0.25) is 0 Å². The number of nitrogens with one attached hydrogen (secondary N) is 1. The molecule has 1 aromatic heterocycles. The summed E-state index contributed by atoms with van der Waals surface area (Å²) in [6.07, 6.45) is 1.88. The Kier molecular flexibility index (Phi) is 5.16. The first-order valence-corrected chi connectivity index (χ1v) is 7.17. The average Bonchev–Trinajstić information content (AvgIpc) is 2.40. The largest absolute Gasteiger partial charge is 0.377 e. The molecule has 0 aliphatic carbocycles. The van der Waals surface area contributed by atoms with Crippen molar-refractivity contribution in [3.63, 3.8) is 0 Å². The van der Waals surface area contributed by atoms with E-state index in [1.807, 2.05) is 12.3 Å². The molecule has 0 radical (unpaired) electrons. The second-order valence-electron chi connectivity index (χ2n) is 5.63. The van der Waals surface area contributed by atoms with Crippen LogP contribution in [0.3, 0.4) is 0 Å². The van der Waals surface area contributed by atoms with Crippen molar-refractivity contribution in [1.82, 2.24) is 10.3 Å². The van der Waals surface area contributed by atoms with Crippen molar-refractivity contribution in [3.05, 3.63) is 23.9 Å². The molecule has 1 aliphatic rings. The van der Waals surface area contributed by atoms with E-state index in [0.717, 1.165) is 38.7 Å². The summed E-state index contributed by atoms with van der Waals surface area (Å²) in [6.45, 7) is 11.1. The van der Waals surface area contributed by atoms with Crippen LogP contribution >= 0.6 is 0 Å². The third-order valence-corrected chi connectivity index (χ3v) is 3.38. The van der Waals surface area contributed by atoms with E-state index in [9.17, 15) is 0 Å². The van der Waals surface area contributed by atoms with E-state index < -0.39 is 0 Å². The molecule has 1 saturated heterocycles. The Morgan fingerprint density at radius 1 is 1.53 bits per heavy atom. The predicted octanol–water partition coefficient (Wildman–Crippen LogP) is 2.05. The van der Waals surface area contributed by atoms with Crippen molar-refractivity contribution < 1.29 is 4.74 Å². The number of morpholine rings is 1. The van der Waals surface area contributed by atoms with Crippen LogP contribution in [-0.4, -0.2) is 37.3 Å². The molecule has 1 N–H and O–H groups in total. The maximum atomic E-state index is 5.50. The zero-order valence-electron chi connectivity index (χ0n) is 12.2. The molecular formula is C15H25N3O. The lowest BCUT2D eigenvalue weighted by Gasteiger charge is -2.35. The fourth-order valence-electron chi connectivity index (χ4n) is 2.36. The summed E-state index contributed by atoms with van der Waals surface area (Å²) in [5.41, 5.74) is 1.27. The van der Waals surface area contributed by atoms with Crippen LogP contribution < -0.4 is 10.2 Å². The number of hydrogen-bond acceptors (Lipinski definition) is 4. The normalized spacial score (nSPS) is 20.0. The van der Waals surface area contributed by atoms with Gasteiger partial charge in [0.1, 0.15) is 5.82 Å². The van der Waals surface area contributed by atoms with Crippen molar-refractivity contribution in [2.45, 2.75) is 33.4 Å². The molecule has 0 spiro atoms. The van der Waals surface area contributed by atoms with E-state index in [-0.39, 0.29) is 0 Å². The van der Waals surface area contributed by atoms with Crippen LogP contribution in [0.15, 0.2) is 18.3 Å². The van der Waals surface area contributed by atoms with Gasteiger partial charge in [0.05, 0.1) is 19.3 Å². The van der Waals surface area contributed by atoms with Gasteiger partial charge in [-0.2, -0.15) is 0 Å². The lowest BCUT2D eigenvalue weighted by Crippen LogP contribution is -2.44. The van der Waals surface area contributed by atoms with Gasteiger partial charge in [0.15, 0.2) is 0 Å². The topological polar surface area (TPSA) is 37.4 Å². The Balaban J connectivity index is 2.06. The van der Waals surface area contributed by atoms with Crippen molar-refractivity contribution >= 4 is 5.82 Å². The summed E-state index contributed by atoms with van der Waals surface area (Å²) in [4.78, 5) is 6.94. The lowest BCUT2D eigenvalue weighted by molar-refractivity contribution is 0.0984. The van der Waals surface area contributed by atoms with Crippen molar-refractivity contribution in [1.29, 1.82) is 0 Å². The maximum Gasteiger partial charge on any atom is 0.133 e. The maximum absolute atomic E-state index is 5.50. The first-order valence-electron chi connectivity index (χ1n) is 7.17. The zero-order valence-corrected chi connectivity index (χ0v) is 12.2. The summed E-state index contributed by atoms with van der Waals surface area (Å²) in [5, 5.41) is 3.50. The minimum Gasteiger partial charge on any atom is -0.377 e. The minimum absolute atomic E-state index is 0.396. The fourth-order valence-corrected chi connectivity index (χ4v) is 2.36. The molecule has 0 bridgehead atoms. The number of pyridine rings is 1. The smallest absolute Gasteiger partial charge is 0.133 e. The van der Waals surface area contributed by atoms with Crippen molar-refractivity contribution in [3.8, 4) is 0 Å². The third kappa shape index (κ3) is 3.91. The van der Waals surface area contributed by atoms with Gasteiger partial charge in [-0.25, -0.2) is 4.98 Å². The molecule has 19 heavy (non-hydrogen) atoms. The molecule has 2 heterocycles. The van der Waals surface area contributed by atoms with Crippen LogP contribution in [0.25, 0.3) is 0 Å². The van der Waals surface area contributed by atoms with Crippen molar-refractivity contribution in [2.24, 2.45) is 5.92 Å². The summed E-state index contributed by atoms with van der Waals surface area (Å²) in [6, 6.07) is 4.58. The monoisotopic (exact) mass is 263 g/mol. The van der Waals surface area contributed by atoms with E-state index in [2.05, 4.69) is 42.0 Å². The molecule has 4 nitrogen and oxygen atoms in total. The minimum atomic E-state index is 0.396. The third-order valence-electron chi connectivity index (χ3n) is 3.38. The van der Waals surface area contributed by atoms with Gasteiger partial charge in [0.2, 0.25) is 0 Å². The van der Waals surface area contributed by atoms with Gasteiger partial charge < -0.3 is 15.0 Å². The highest BCUT2D eigenvalue weighted by Gasteiger charge is 2.22. The highest BCUT2D eigenvalue weighted by Crippen LogP contribution is 2.21. The van der Waals surface area contributed by atoms with Gasteiger partial charge in [-0.15, -0.1) is 0 Å². The molecule has 1 fully saturated rings.